The largest absolute Gasteiger partial charge is 0.396 e. The molecule has 0 aromatic rings. The Morgan fingerprint density at radius 3 is 2.38 bits per heavy atom. The highest BCUT2D eigenvalue weighted by molar-refractivity contribution is 4.84. The van der Waals surface area contributed by atoms with Crippen molar-refractivity contribution in [3.63, 3.8) is 0 Å². The van der Waals surface area contributed by atoms with Crippen LogP contribution < -0.4 is 5.32 Å². The normalized spacial score (nSPS) is 21.2. The average Bonchev–Trinajstić information content (AvgIpc) is 2.53. The third kappa shape index (κ3) is 3.28. The maximum atomic E-state index is 9.35. The Kier molecular flexibility index (Phi) is 4.20. The molecule has 0 bridgehead atoms. The van der Waals surface area contributed by atoms with Gasteiger partial charge in [0.2, 0.25) is 0 Å². The van der Waals surface area contributed by atoms with E-state index in [4.69, 9.17) is 0 Å². The molecule has 2 N–H and O–H groups in total. The van der Waals surface area contributed by atoms with Crippen LogP contribution in [0.5, 0.6) is 0 Å². The van der Waals surface area contributed by atoms with Gasteiger partial charge in [0.15, 0.2) is 0 Å². The van der Waals surface area contributed by atoms with E-state index in [1.54, 1.807) is 0 Å². The minimum absolute atomic E-state index is 0.266. The van der Waals surface area contributed by atoms with Gasteiger partial charge in [-0.25, -0.2) is 0 Å². The summed E-state index contributed by atoms with van der Waals surface area (Å²) in [6, 6.07) is 0.567. The van der Waals surface area contributed by atoms with Gasteiger partial charge in [-0.05, 0) is 31.2 Å². The van der Waals surface area contributed by atoms with Crippen LogP contribution in [0, 0.1) is 5.41 Å². The molecule has 0 aromatic heterocycles. The minimum Gasteiger partial charge on any atom is -0.396 e. The van der Waals surface area contributed by atoms with Crippen molar-refractivity contribution in [1.82, 2.24) is 5.32 Å². The second kappa shape index (κ2) is 4.97. The van der Waals surface area contributed by atoms with Crippen LogP contribution >= 0.6 is 0 Å². The van der Waals surface area contributed by atoms with E-state index < -0.39 is 0 Å². The molecule has 0 radical (unpaired) electrons. The molecule has 78 valence electrons. The van der Waals surface area contributed by atoms with E-state index in [9.17, 15) is 5.11 Å². The molecule has 0 amide bonds. The molecule has 1 aliphatic rings. The third-order valence-electron chi connectivity index (χ3n) is 3.21. The van der Waals surface area contributed by atoms with Crippen molar-refractivity contribution < 1.29 is 5.11 Å². The van der Waals surface area contributed by atoms with Gasteiger partial charge in [0.25, 0.3) is 0 Å². The fraction of sp³-hybridized carbons (Fsp3) is 1.00. The summed E-state index contributed by atoms with van der Waals surface area (Å²) in [5.41, 5.74) is 0.266. The topological polar surface area (TPSA) is 32.3 Å². The molecule has 1 aliphatic carbocycles. The highest BCUT2D eigenvalue weighted by Gasteiger charge is 2.32. The summed E-state index contributed by atoms with van der Waals surface area (Å²) in [7, 11) is 0. The smallest absolute Gasteiger partial charge is 0.0487 e. The summed E-state index contributed by atoms with van der Waals surface area (Å²) >= 11 is 0. The summed E-state index contributed by atoms with van der Waals surface area (Å²) in [5, 5.41) is 12.8. The maximum Gasteiger partial charge on any atom is 0.0487 e. The van der Waals surface area contributed by atoms with Crippen LogP contribution in [0.2, 0.25) is 0 Å². The molecule has 0 spiro atoms. The zero-order valence-corrected chi connectivity index (χ0v) is 8.97. The van der Waals surface area contributed by atoms with Crippen molar-refractivity contribution in [3.05, 3.63) is 0 Å². The lowest BCUT2D eigenvalue weighted by Gasteiger charge is -2.26. The Bertz CT molecular complexity index is 139. The molecule has 1 rings (SSSR count). The van der Waals surface area contributed by atoms with Crippen LogP contribution in [0.15, 0.2) is 0 Å². The Balaban J connectivity index is 2.23. The fourth-order valence-corrected chi connectivity index (χ4v) is 2.24. The van der Waals surface area contributed by atoms with Crippen LogP contribution in [0.3, 0.4) is 0 Å². The molecule has 0 saturated heterocycles. The third-order valence-corrected chi connectivity index (χ3v) is 3.21. The second-order valence-electron chi connectivity index (χ2n) is 4.72. The van der Waals surface area contributed by atoms with Crippen LogP contribution in [-0.2, 0) is 0 Å². The standard InChI is InChI=1S/C11H23NO/c1-10(2)12-8-7-11(9-13)5-3-4-6-11/h10,12-13H,3-9H2,1-2H3. The van der Waals surface area contributed by atoms with Gasteiger partial charge in [0.05, 0.1) is 0 Å². The van der Waals surface area contributed by atoms with E-state index in [0.717, 1.165) is 13.0 Å². The van der Waals surface area contributed by atoms with Crippen molar-refractivity contribution >= 4 is 0 Å². The molecule has 2 heteroatoms. The number of hydrogen-bond donors (Lipinski definition) is 2. The number of hydrogen-bond acceptors (Lipinski definition) is 2. The highest BCUT2D eigenvalue weighted by Crippen LogP contribution is 2.40. The van der Waals surface area contributed by atoms with Crippen molar-refractivity contribution in [3.8, 4) is 0 Å². The summed E-state index contributed by atoms with van der Waals surface area (Å²) in [5.74, 6) is 0. The molecule has 13 heavy (non-hydrogen) atoms. The Labute approximate surface area is 81.7 Å². The Hall–Kier alpha value is -0.0800. The zero-order chi connectivity index (χ0) is 9.73. The molecule has 0 atom stereocenters. The molecular formula is C11H23NO. The van der Waals surface area contributed by atoms with Gasteiger partial charge < -0.3 is 10.4 Å². The van der Waals surface area contributed by atoms with Crippen molar-refractivity contribution in [2.45, 2.75) is 52.0 Å². The van der Waals surface area contributed by atoms with Gasteiger partial charge >= 0.3 is 0 Å². The first-order valence-corrected chi connectivity index (χ1v) is 5.53. The summed E-state index contributed by atoms with van der Waals surface area (Å²) in [4.78, 5) is 0. The molecule has 1 fully saturated rings. The van der Waals surface area contributed by atoms with E-state index in [2.05, 4.69) is 19.2 Å². The predicted molar refractivity (Wildman–Crippen MR) is 55.7 cm³/mol. The van der Waals surface area contributed by atoms with E-state index in [0.29, 0.717) is 12.6 Å². The molecule has 2 nitrogen and oxygen atoms in total. The molecule has 0 heterocycles. The lowest BCUT2D eigenvalue weighted by Crippen LogP contribution is -2.31. The van der Waals surface area contributed by atoms with Gasteiger partial charge in [0, 0.05) is 12.6 Å². The highest BCUT2D eigenvalue weighted by atomic mass is 16.3. The quantitative estimate of drug-likeness (QED) is 0.686. The first-order chi connectivity index (χ1) is 6.18. The van der Waals surface area contributed by atoms with Crippen molar-refractivity contribution in [2.75, 3.05) is 13.2 Å². The van der Waals surface area contributed by atoms with Crippen LogP contribution in [0.4, 0.5) is 0 Å². The predicted octanol–water partition coefficient (Wildman–Crippen LogP) is 1.93. The molecule has 0 aromatic carbocycles. The number of rotatable bonds is 5. The first-order valence-electron chi connectivity index (χ1n) is 5.53. The van der Waals surface area contributed by atoms with Gasteiger partial charge in [0.1, 0.15) is 0 Å². The van der Waals surface area contributed by atoms with Crippen LogP contribution in [0.25, 0.3) is 0 Å². The molecular weight excluding hydrogens is 162 g/mol. The SMILES string of the molecule is CC(C)NCCC1(CO)CCCC1. The second-order valence-corrected chi connectivity index (χ2v) is 4.72. The first kappa shape index (κ1) is 11.0. The number of aliphatic hydroxyl groups is 1. The van der Waals surface area contributed by atoms with Crippen LogP contribution in [-0.4, -0.2) is 24.3 Å². The average molecular weight is 185 g/mol. The Morgan fingerprint density at radius 1 is 1.31 bits per heavy atom. The monoisotopic (exact) mass is 185 g/mol. The van der Waals surface area contributed by atoms with E-state index in [1.165, 1.54) is 25.7 Å². The summed E-state index contributed by atoms with van der Waals surface area (Å²) in [6.45, 7) is 5.77. The van der Waals surface area contributed by atoms with Crippen molar-refractivity contribution in [1.29, 1.82) is 0 Å². The summed E-state index contributed by atoms with van der Waals surface area (Å²) in [6.07, 6.45) is 6.21. The Morgan fingerprint density at radius 2 is 1.92 bits per heavy atom. The fourth-order valence-electron chi connectivity index (χ4n) is 2.24. The van der Waals surface area contributed by atoms with Gasteiger partial charge in [-0.2, -0.15) is 0 Å². The van der Waals surface area contributed by atoms with Gasteiger partial charge in [-0.15, -0.1) is 0 Å². The van der Waals surface area contributed by atoms with E-state index in [-0.39, 0.29) is 5.41 Å². The molecule has 0 aliphatic heterocycles. The van der Waals surface area contributed by atoms with Crippen LogP contribution in [0.1, 0.15) is 46.0 Å². The maximum absolute atomic E-state index is 9.35. The molecule has 1 saturated carbocycles. The minimum atomic E-state index is 0.266. The van der Waals surface area contributed by atoms with Gasteiger partial charge in [-0.1, -0.05) is 26.7 Å². The van der Waals surface area contributed by atoms with E-state index >= 15 is 0 Å². The van der Waals surface area contributed by atoms with Crippen molar-refractivity contribution in [2.24, 2.45) is 5.41 Å². The van der Waals surface area contributed by atoms with E-state index in [1.807, 2.05) is 0 Å². The lowest BCUT2D eigenvalue weighted by molar-refractivity contribution is 0.120. The summed E-state index contributed by atoms with van der Waals surface area (Å²) < 4.78 is 0. The number of nitrogens with one attached hydrogen (secondary N) is 1. The lowest BCUT2D eigenvalue weighted by atomic mass is 9.83. The number of aliphatic hydroxyl groups excluding tert-OH is 1. The molecule has 0 unspecified atom stereocenters. The van der Waals surface area contributed by atoms with Gasteiger partial charge in [-0.3, -0.25) is 0 Å². The zero-order valence-electron chi connectivity index (χ0n) is 8.97.